The number of hydrogen-bond acceptors (Lipinski definition) is 4. The lowest BCUT2D eigenvalue weighted by Gasteiger charge is -2.22. The van der Waals surface area contributed by atoms with E-state index in [-0.39, 0.29) is 11.2 Å². The molecule has 6 nitrogen and oxygen atoms in total. The first kappa shape index (κ1) is 13.5. The molecule has 0 saturated heterocycles. The Bertz CT molecular complexity index is 750. The number of benzene rings is 1. The van der Waals surface area contributed by atoms with Crippen molar-refractivity contribution in [3.8, 4) is 11.3 Å². The van der Waals surface area contributed by atoms with Crippen molar-refractivity contribution in [2.45, 2.75) is 26.3 Å². The second kappa shape index (κ2) is 5.12. The molecule has 0 bridgehead atoms. The van der Waals surface area contributed by atoms with Crippen LogP contribution in [0, 0.1) is 16.0 Å². The molecule has 0 aliphatic carbocycles. The Morgan fingerprint density at radius 2 is 2.05 bits per heavy atom. The Labute approximate surface area is 121 Å². The normalized spacial score (nSPS) is 17.3. The fourth-order valence-corrected chi connectivity index (χ4v) is 2.62. The average molecular weight is 285 g/mol. The molecule has 1 aromatic heterocycles. The van der Waals surface area contributed by atoms with Crippen LogP contribution in [0.3, 0.4) is 0 Å². The molecule has 21 heavy (non-hydrogen) atoms. The van der Waals surface area contributed by atoms with Crippen LogP contribution in [-0.2, 0) is 13.0 Å². The molecule has 0 N–H and O–H groups in total. The van der Waals surface area contributed by atoms with Crippen LogP contribution >= 0.6 is 0 Å². The van der Waals surface area contributed by atoms with Crippen LogP contribution in [0.4, 0.5) is 5.69 Å². The van der Waals surface area contributed by atoms with E-state index in [9.17, 15) is 14.9 Å². The largest absolute Gasteiger partial charge is 0.296 e. The maximum absolute atomic E-state index is 12.2. The summed E-state index contributed by atoms with van der Waals surface area (Å²) >= 11 is 0. The number of aromatic nitrogens is 2. The maximum Gasteiger partial charge on any atom is 0.269 e. The minimum absolute atomic E-state index is 0.0299. The molecule has 2 aromatic rings. The van der Waals surface area contributed by atoms with Crippen molar-refractivity contribution >= 4 is 5.69 Å². The van der Waals surface area contributed by atoms with E-state index in [1.165, 1.54) is 18.2 Å². The lowest BCUT2D eigenvalue weighted by atomic mass is 10.0. The van der Waals surface area contributed by atoms with Gasteiger partial charge in [-0.25, -0.2) is 4.98 Å². The van der Waals surface area contributed by atoms with Gasteiger partial charge in [0.2, 0.25) is 0 Å². The first-order chi connectivity index (χ1) is 10.0. The topological polar surface area (TPSA) is 78.0 Å². The van der Waals surface area contributed by atoms with E-state index in [0.717, 1.165) is 24.2 Å². The van der Waals surface area contributed by atoms with E-state index in [1.807, 2.05) is 0 Å². The highest BCUT2D eigenvalue weighted by molar-refractivity contribution is 5.60. The fraction of sp³-hybridized carbons (Fsp3) is 0.333. The fourth-order valence-electron chi connectivity index (χ4n) is 2.62. The molecule has 1 atom stereocenters. The van der Waals surface area contributed by atoms with E-state index in [4.69, 9.17) is 0 Å². The number of nitrogens with zero attached hydrogens (tertiary/aromatic N) is 3. The molecule has 1 aromatic carbocycles. The summed E-state index contributed by atoms with van der Waals surface area (Å²) in [6.45, 7) is 2.83. The van der Waals surface area contributed by atoms with Crippen LogP contribution in [0.25, 0.3) is 11.3 Å². The predicted molar refractivity (Wildman–Crippen MR) is 78.1 cm³/mol. The van der Waals surface area contributed by atoms with Gasteiger partial charge in [-0.15, -0.1) is 0 Å². The zero-order chi connectivity index (χ0) is 15.0. The number of non-ortho nitro benzene ring substituents is 1. The summed E-state index contributed by atoms with van der Waals surface area (Å²) in [6, 6.07) is 7.61. The molecule has 0 fully saturated rings. The lowest BCUT2D eigenvalue weighted by Crippen LogP contribution is -2.31. The van der Waals surface area contributed by atoms with Crippen molar-refractivity contribution in [2.75, 3.05) is 0 Å². The van der Waals surface area contributed by atoms with Crippen molar-refractivity contribution < 1.29 is 4.92 Å². The Kier molecular flexibility index (Phi) is 3.29. The van der Waals surface area contributed by atoms with E-state index < -0.39 is 4.92 Å². The Hall–Kier alpha value is -2.50. The van der Waals surface area contributed by atoms with Crippen LogP contribution in [0.1, 0.15) is 19.2 Å². The van der Waals surface area contributed by atoms with Crippen LogP contribution in [-0.4, -0.2) is 14.5 Å². The highest BCUT2D eigenvalue weighted by Gasteiger charge is 2.18. The molecule has 108 valence electrons. The molecule has 0 radical (unpaired) electrons. The molecular weight excluding hydrogens is 270 g/mol. The van der Waals surface area contributed by atoms with Gasteiger partial charge in [-0.3, -0.25) is 19.5 Å². The number of nitro groups is 1. The van der Waals surface area contributed by atoms with Gasteiger partial charge in [0.15, 0.2) is 0 Å². The summed E-state index contributed by atoms with van der Waals surface area (Å²) in [5.74, 6) is 1.29. The average Bonchev–Trinajstić information content (AvgIpc) is 2.48. The smallest absolute Gasteiger partial charge is 0.269 e. The SMILES string of the molecule is CC1CCc2nc(-c3ccc([N+](=O)[O-])cc3)cc(=O)n2C1. The minimum Gasteiger partial charge on any atom is -0.296 e. The minimum atomic E-state index is -0.444. The summed E-state index contributed by atoms with van der Waals surface area (Å²) in [5, 5.41) is 10.7. The van der Waals surface area contributed by atoms with Crippen molar-refractivity contribution in [3.63, 3.8) is 0 Å². The number of fused-ring (bicyclic) bond motifs is 1. The van der Waals surface area contributed by atoms with Crippen LogP contribution in [0.15, 0.2) is 35.1 Å². The van der Waals surface area contributed by atoms with Crippen molar-refractivity contribution in [2.24, 2.45) is 5.92 Å². The van der Waals surface area contributed by atoms with Gasteiger partial charge in [-0.1, -0.05) is 6.92 Å². The van der Waals surface area contributed by atoms with E-state index in [1.54, 1.807) is 16.7 Å². The molecule has 2 heterocycles. The summed E-state index contributed by atoms with van der Waals surface area (Å²) in [7, 11) is 0. The highest BCUT2D eigenvalue weighted by Crippen LogP contribution is 2.22. The molecule has 3 rings (SSSR count). The molecule has 1 aliphatic rings. The molecule has 0 spiro atoms. The van der Waals surface area contributed by atoms with Gasteiger partial charge in [0.1, 0.15) is 5.82 Å². The van der Waals surface area contributed by atoms with Crippen LogP contribution in [0.5, 0.6) is 0 Å². The second-order valence-electron chi connectivity index (χ2n) is 5.45. The van der Waals surface area contributed by atoms with Gasteiger partial charge >= 0.3 is 0 Å². The summed E-state index contributed by atoms with van der Waals surface area (Å²) in [6.07, 6.45) is 1.81. The number of rotatable bonds is 2. The van der Waals surface area contributed by atoms with E-state index in [2.05, 4.69) is 11.9 Å². The monoisotopic (exact) mass is 285 g/mol. The number of nitro benzene ring substituents is 1. The lowest BCUT2D eigenvalue weighted by molar-refractivity contribution is -0.384. The molecule has 1 aliphatic heterocycles. The summed E-state index contributed by atoms with van der Waals surface area (Å²) in [5.41, 5.74) is 1.28. The van der Waals surface area contributed by atoms with Crippen molar-refractivity contribution in [1.29, 1.82) is 0 Å². The first-order valence-electron chi connectivity index (χ1n) is 6.90. The van der Waals surface area contributed by atoms with Gasteiger partial charge in [-0.05, 0) is 24.5 Å². The van der Waals surface area contributed by atoms with E-state index >= 15 is 0 Å². The van der Waals surface area contributed by atoms with Crippen LogP contribution in [0.2, 0.25) is 0 Å². The predicted octanol–water partition coefficient (Wildman–Crippen LogP) is 2.40. The number of aryl methyl sites for hydroxylation is 1. The third-order valence-corrected chi connectivity index (χ3v) is 3.82. The van der Waals surface area contributed by atoms with Gasteiger partial charge in [0.05, 0.1) is 10.6 Å². The van der Waals surface area contributed by atoms with Crippen molar-refractivity contribution in [3.05, 3.63) is 56.6 Å². The van der Waals surface area contributed by atoms with E-state index in [0.29, 0.717) is 18.2 Å². The number of hydrogen-bond donors (Lipinski definition) is 0. The summed E-state index contributed by atoms with van der Waals surface area (Å²) < 4.78 is 1.73. The second-order valence-corrected chi connectivity index (χ2v) is 5.45. The van der Waals surface area contributed by atoms with Gasteiger partial charge in [0, 0.05) is 36.7 Å². The van der Waals surface area contributed by atoms with Crippen LogP contribution < -0.4 is 5.56 Å². The standard InChI is InChI=1S/C15H15N3O3/c1-10-2-7-14-16-13(8-15(19)17(14)9-10)11-3-5-12(6-4-11)18(20)21/h3-6,8,10H,2,7,9H2,1H3. The van der Waals surface area contributed by atoms with Gasteiger partial charge < -0.3 is 0 Å². The van der Waals surface area contributed by atoms with Gasteiger partial charge in [0.25, 0.3) is 11.2 Å². The maximum atomic E-state index is 12.2. The van der Waals surface area contributed by atoms with Crippen molar-refractivity contribution in [1.82, 2.24) is 9.55 Å². The molecular formula is C15H15N3O3. The highest BCUT2D eigenvalue weighted by atomic mass is 16.6. The Morgan fingerprint density at radius 1 is 1.33 bits per heavy atom. The quantitative estimate of drug-likeness (QED) is 0.627. The van der Waals surface area contributed by atoms with Gasteiger partial charge in [-0.2, -0.15) is 0 Å². The first-order valence-corrected chi connectivity index (χ1v) is 6.90. The Balaban J connectivity index is 2.02. The molecule has 0 saturated carbocycles. The molecule has 6 heteroatoms. The molecule has 0 amide bonds. The third-order valence-electron chi connectivity index (χ3n) is 3.82. The Morgan fingerprint density at radius 3 is 2.71 bits per heavy atom. The zero-order valence-electron chi connectivity index (χ0n) is 11.7. The zero-order valence-corrected chi connectivity index (χ0v) is 11.7. The third kappa shape index (κ3) is 2.56. The molecule has 1 unspecified atom stereocenters. The summed E-state index contributed by atoms with van der Waals surface area (Å²) in [4.78, 5) is 27.0.